The van der Waals surface area contributed by atoms with Crippen molar-refractivity contribution in [2.24, 2.45) is 5.92 Å². The lowest BCUT2D eigenvalue weighted by atomic mass is 9.92. The first-order chi connectivity index (χ1) is 11.0. The number of amides is 3. The van der Waals surface area contributed by atoms with E-state index in [1.165, 1.54) is 13.3 Å². The summed E-state index contributed by atoms with van der Waals surface area (Å²) in [4.78, 5) is 37.4. The standard InChI is InChI=1S/C17H21N3O3/c1-11(21)18-13-4-2-5-14(9-13)19-17(23)12-8-16(22)20(10-12)15-6-3-7-15/h2,4-5,9,12,15H,3,6-8,10H2,1H3,(H,18,21)(H,19,23). The molecule has 1 saturated heterocycles. The largest absolute Gasteiger partial charge is 0.339 e. The third kappa shape index (κ3) is 3.52. The van der Waals surface area contributed by atoms with E-state index in [0.717, 1.165) is 12.8 Å². The molecule has 6 heteroatoms. The number of nitrogens with one attached hydrogen (secondary N) is 2. The maximum atomic E-state index is 12.4. The van der Waals surface area contributed by atoms with Gasteiger partial charge in [0.25, 0.3) is 0 Å². The van der Waals surface area contributed by atoms with E-state index in [-0.39, 0.29) is 30.1 Å². The molecule has 1 saturated carbocycles. The van der Waals surface area contributed by atoms with Crippen molar-refractivity contribution in [3.05, 3.63) is 24.3 Å². The Kier molecular flexibility index (Phi) is 4.32. The number of carbonyl (C=O) groups is 3. The number of hydrogen-bond donors (Lipinski definition) is 2. The first kappa shape index (κ1) is 15.5. The van der Waals surface area contributed by atoms with E-state index in [9.17, 15) is 14.4 Å². The number of nitrogens with zero attached hydrogens (tertiary/aromatic N) is 1. The summed E-state index contributed by atoms with van der Waals surface area (Å²) in [7, 11) is 0. The van der Waals surface area contributed by atoms with Crippen molar-refractivity contribution in [2.75, 3.05) is 17.2 Å². The van der Waals surface area contributed by atoms with Gasteiger partial charge in [0.05, 0.1) is 5.92 Å². The van der Waals surface area contributed by atoms with E-state index in [0.29, 0.717) is 24.0 Å². The predicted octanol–water partition coefficient (Wildman–Crippen LogP) is 1.98. The molecule has 122 valence electrons. The van der Waals surface area contributed by atoms with Crippen LogP contribution in [0, 0.1) is 5.92 Å². The Balaban J connectivity index is 1.61. The zero-order valence-electron chi connectivity index (χ0n) is 13.2. The molecule has 1 heterocycles. The molecule has 6 nitrogen and oxygen atoms in total. The number of benzene rings is 1. The molecule has 3 rings (SSSR count). The summed E-state index contributed by atoms with van der Waals surface area (Å²) < 4.78 is 0. The highest BCUT2D eigenvalue weighted by molar-refractivity contribution is 5.98. The van der Waals surface area contributed by atoms with E-state index < -0.39 is 0 Å². The van der Waals surface area contributed by atoms with E-state index in [1.807, 2.05) is 4.90 Å². The summed E-state index contributed by atoms with van der Waals surface area (Å²) >= 11 is 0. The summed E-state index contributed by atoms with van der Waals surface area (Å²) in [6.45, 7) is 1.95. The third-order valence-electron chi connectivity index (χ3n) is 4.50. The first-order valence-electron chi connectivity index (χ1n) is 8.01. The number of rotatable bonds is 4. The number of hydrogen-bond acceptors (Lipinski definition) is 3. The third-order valence-corrected chi connectivity index (χ3v) is 4.50. The number of carbonyl (C=O) groups excluding carboxylic acids is 3. The summed E-state index contributed by atoms with van der Waals surface area (Å²) in [5.74, 6) is -0.513. The van der Waals surface area contributed by atoms with Gasteiger partial charge in [-0.25, -0.2) is 0 Å². The van der Waals surface area contributed by atoms with Gasteiger partial charge in [0.2, 0.25) is 17.7 Å². The van der Waals surface area contributed by atoms with Gasteiger partial charge in [0, 0.05) is 37.3 Å². The molecule has 2 fully saturated rings. The Morgan fingerprint density at radius 2 is 1.87 bits per heavy atom. The molecule has 23 heavy (non-hydrogen) atoms. The van der Waals surface area contributed by atoms with Crippen LogP contribution < -0.4 is 10.6 Å². The molecule has 0 radical (unpaired) electrons. The highest BCUT2D eigenvalue weighted by atomic mass is 16.2. The lowest BCUT2D eigenvalue weighted by Gasteiger charge is -2.34. The van der Waals surface area contributed by atoms with Gasteiger partial charge >= 0.3 is 0 Å². The van der Waals surface area contributed by atoms with Crippen LogP contribution in [0.4, 0.5) is 11.4 Å². The minimum Gasteiger partial charge on any atom is -0.339 e. The molecule has 1 atom stereocenters. The summed E-state index contributed by atoms with van der Waals surface area (Å²) in [6, 6.07) is 7.34. The van der Waals surface area contributed by atoms with Gasteiger partial charge in [-0.1, -0.05) is 6.07 Å². The minimum atomic E-state index is -0.299. The summed E-state index contributed by atoms with van der Waals surface area (Å²) in [6.07, 6.45) is 3.56. The van der Waals surface area contributed by atoms with E-state index in [1.54, 1.807) is 24.3 Å². The van der Waals surface area contributed by atoms with Gasteiger partial charge in [-0.3, -0.25) is 14.4 Å². The van der Waals surface area contributed by atoms with Crippen LogP contribution in [0.25, 0.3) is 0 Å². The second-order valence-electron chi connectivity index (χ2n) is 6.28. The first-order valence-corrected chi connectivity index (χ1v) is 8.01. The molecular weight excluding hydrogens is 294 g/mol. The highest BCUT2D eigenvalue weighted by Crippen LogP contribution is 2.31. The maximum Gasteiger partial charge on any atom is 0.229 e. The number of likely N-dealkylation sites (tertiary alicyclic amines) is 1. The second kappa shape index (κ2) is 6.40. The second-order valence-corrected chi connectivity index (χ2v) is 6.28. The highest BCUT2D eigenvalue weighted by Gasteiger charge is 2.39. The fraction of sp³-hybridized carbons (Fsp3) is 0.471. The Hall–Kier alpha value is -2.37. The fourth-order valence-electron chi connectivity index (χ4n) is 3.08. The molecule has 0 bridgehead atoms. The van der Waals surface area contributed by atoms with Crippen molar-refractivity contribution in [2.45, 2.75) is 38.6 Å². The van der Waals surface area contributed by atoms with Crippen molar-refractivity contribution in [3.8, 4) is 0 Å². The van der Waals surface area contributed by atoms with Crippen LogP contribution in [0.1, 0.15) is 32.6 Å². The topological polar surface area (TPSA) is 78.5 Å². The van der Waals surface area contributed by atoms with Gasteiger partial charge < -0.3 is 15.5 Å². The normalized spacial score (nSPS) is 21.0. The van der Waals surface area contributed by atoms with Gasteiger partial charge in [-0.15, -0.1) is 0 Å². The molecule has 0 spiro atoms. The lowest BCUT2D eigenvalue weighted by Crippen LogP contribution is -2.41. The summed E-state index contributed by atoms with van der Waals surface area (Å²) in [5, 5.41) is 5.52. The molecule has 2 N–H and O–H groups in total. The molecule has 0 aromatic heterocycles. The van der Waals surface area contributed by atoms with Crippen LogP contribution in [0.5, 0.6) is 0 Å². The van der Waals surface area contributed by atoms with Crippen LogP contribution in [0.3, 0.4) is 0 Å². The predicted molar refractivity (Wildman–Crippen MR) is 86.8 cm³/mol. The quantitative estimate of drug-likeness (QED) is 0.892. The summed E-state index contributed by atoms with van der Waals surface area (Å²) in [5.41, 5.74) is 1.25. The van der Waals surface area contributed by atoms with E-state index in [2.05, 4.69) is 10.6 Å². The van der Waals surface area contributed by atoms with Crippen molar-refractivity contribution in [1.82, 2.24) is 4.90 Å². The van der Waals surface area contributed by atoms with Crippen molar-refractivity contribution >= 4 is 29.1 Å². The molecule has 2 aliphatic rings. The zero-order chi connectivity index (χ0) is 16.4. The Morgan fingerprint density at radius 3 is 2.48 bits per heavy atom. The Bertz CT molecular complexity index is 640. The number of anilines is 2. The van der Waals surface area contributed by atoms with E-state index in [4.69, 9.17) is 0 Å². The van der Waals surface area contributed by atoms with Gasteiger partial charge in [0.1, 0.15) is 0 Å². The molecule has 1 aromatic rings. The van der Waals surface area contributed by atoms with Crippen LogP contribution >= 0.6 is 0 Å². The van der Waals surface area contributed by atoms with Crippen molar-refractivity contribution in [1.29, 1.82) is 0 Å². The van der Waals surface area contributed by atoms with Gasteiger partial charge in [-0.05, 0) is 37.5 Å². The van der Waals surface area contributed by atoms with Crippen molar-refractivity contribution < 1.29 is 14.4 Å². The van der Waals surface area contributed by atoms with Gasteiger partial charge in [-0.2, -0.15) is 0 Å². The average Bonchev–Trinajstić information content (AvgIpc) is 2.79. The SMILES string of the molecule is CC(=O)Nc1cccc(NC(=O)C2CC(=O)N(C3CCC3)C2)c1. The molecule has 3 amide bonds. The Morgan fingerprint density at radius 1 is 1.17 bits per heavy atom. The molecule has 1 aliphatic carbocycles. The fourth-order valence-corrected chi connectivity index (χ4v) is 3.08. The molecular formula is C17H21N3O3. The van der Waals surface area contributed by atoms with E-state index >= 15 is 0 Å². The molecule has 1 aromatic carbocycles. The smallest absolute Gasteiger partial charge is 0.229 e. The monoisotopic (exact) mass is 315 g/mol. The van der Waals surface area contributed by atoms with Crippen molar-refractivity contribution in [3.63, 3.8) is 0 Å². The minimum absolute atomic E-state index is 0.0850. The average molecular weight is 315 g/mol. The molecule has 1 unspecified atom stereocenters. The lowest BCUT2D eigenvalue weighted by molar-refractivity contribution is -0.131. The van der Waals surface area contributed by atoms with Gasteiger partial charge in [0.15, 0.2) is 0 Å². The van der Waals surface area contributed by atoms with Crippen LogP contribution in [-0.4, -0.2) is 35.2 Å². The Labute approximate surface area is 135 Å². The molecule has 1 aliphatic heterocycles. The van der Waals surface area contributed by atoms with Crippen LogP contribution in [0.15, 0.2) is 24.3 Å². The zero-order valence-corrected chi connectivity index (χ0v) is 13.2. The van der Waals surface area contributed by atoms with Crippen LogP contribution in [-0.2, 0) is 14.4 Å². The maximum absolute atomic E-state index is 12.4. The van der Waals surface area contributed by atoms with Crippen LogP contribution in [0.2, 0.25) is 0 Å².